The van der Waals surface area contributed by atoms with Gasteiger partial charge >= 0.3 is 0 Å². The molecule has 1 unspecified atom stereocenters. The minimum Gasteiger partial charge on any atom is -0.493 e. The van der Waals surface area contributed by atoms with E-state index in [1.165, 1.54) is 5.56 Å². The minimum atomic E-state index is 0.122. The van der Waals surface area contributed by atoms with Gasteiger partial charge in [-0.25, -0.2) is 0 Å². The highest BCUT2D eigenvalue weighted by Gasteiger charge is 2.11. The molecule has 3 heteroatoms. The lowest BCUT2D eigenvalue weighted by Gasteiger charge is -2.21. The van der Waals surface area contributed by atoms with Crippen LogP contribution in [-0.2, 0) is 0 Å². The van der Waals surface area contributed by atoms with Gasteiger partial charge in [-0.2, -0.15) is 0 Å². The van der Waals surface area contributed by atoms with Crippen molar-refractivity contribution in [2.75, 3.05) is 13.7 Å². The molecular weight excluding hydrogens is 238 g/mol. The standard InChI is InChI=1S/C16H27NO2/c1-6-14(7-2)17-11-13(4)19-15-9-8-12(3)10-16(15)18-5/h8-10,13-14,17H,6-7,11H2,1-5H3. The van der Waals surface area contributed by atoms with Gasteiger partial charge in [0, 0.05) is 12.6 Å². The number of rotatable bonds is 8. The lowest BCUT2D eigenvalue weighted by Crippen LogP contribution is -2.36. The molecule has 19 heavy (non-hydrogen) atoms. The number of aryl methyl sites for hydroxylation is 1. The molecule has 0 spiro atoms. The second-order valence-electron chi connectivity index (χ2n) is 5.00. The summed E-state index contributed by atoms with van der Waals surface area (Å²) in [6, 6.07) is 6.59. The maximum absolute atomic E-state index is 5.94. The second-order valence-corrected chi connectivity index (χ2v) is 5.00. The van der Waals surface area contributed by atoms with E-state index >= 15 is 0 Å². The monoisotopic (exact) mass is 265 g/mol. The first-order valence-corrected chi connectivity index (χ1v) is 7.15. The summed E-state index contributed by atoms with van der Waals surface area (Å²) < 4.78 is 11.3. The smallest absolute Gasteiger partial charge is 0.161 e. The van der Waals surface area contributed by atoms with Crippen LogP contribution >= 0.6 is 0 Å². The van der Waals surface area contributed by atoms with Gasteiger partial charge < -0.3 is 14.8 Å². The third-order valence-electron chi connectivity index (χ3n) is 3.33. The van der Waals surface area contributed by atoms with Gasteiger partial charge in [-0.1, -0.05) is 19.9 Å². The molecule has 0 fully saturated rings. The zero-order valence-electron chi connectivity index (χ0n) is 12.8. The Labute approximate surface area is 117 Å². The third kappa shape index (κ3) is 5.11. The summed E-state index contributed by atoms with van der Waals surface area (Å²) in [7, 11) is 1.68. The van der Waals surface area contributed by atoms with E-state index in [9.17, 15) is 0 Å². The van der Waals surface area contributed by atoms with Crippen molar-refractivity contribution in [1.82, 2.24) is 5.32 Å². The molecule has 1 aromatic carbocycles. The van der Waals surface area contributed by atoms with Crippen LogP contribution < -0.4 is 14.8 Å². The Hall–Kier alpha value is -1.22. The first kappa shape index (κ1) is 15.8. The molecule has 0 saturated heterocycles. The van der Waals surface area contributed by atoms with Gasteiger partial charge in [0.25, 0.3) is 0 Å². The van der Waals surface area contributed by atoms with Crippen molar-refractivity contribution in [3.05, 3.63) is 23.8 Å². The van der Waals surface area contributed by atoms with E-state index in [-0.39, 0.29) is 6.10 Å². The summed E-state index contributed by atoms with van der Waals surface area (Å²) in [4.78, 5) is 0. The highest BCUT2D eigenvalue weighted by molar-refractivity contribution is 5.42. The molecule has 0 bridgehead atoms. The lowest BCUT2D eigenvalue weighted by molar-refractivity contribution is 0.201. The Balaban J connectivity index is 2.54. The molecule has 0 aliphatic carbocycles. The van der Waals surface area contributed by atoms with Crippen molar-refractivity contribution in [1.29, 1.82) is 0 Å². The quantitative estimate of drug-likeness (QED) is 0.779. The largest absolute Gasteiger partial charge is 0.493 e. The van der Waals surface area contributed by atoms with E-state index in [4.69, 9.17) is 9.47 Å². The molecular formula is C16H27NO2. The topological polar surface area (TPSA) is 30.5 Å². The fourth-order valence-electron chi connectivity index (χ4n) is 2.04. The molecule has 0 aliphatic heterocycles. The SMILES string of the molecule is CCC(CC)NCC(C)Oc1ccc(C)cc1OC. The van der Waals surface area contributed by atoms with Crippen LogP contribution in [0.3, 0.4) is 0 Å². The van der Waals surface area contributed by atoms with Crippen LogP contribution in [0.25, 0.3) is 0 Å². The van der Waals surface area contributed by atoms with Crippen molar-refractivity contribution in [3.8, 4) is 11.5 Å². The van der Waals surface area contributed by atoms with Crippen LogP contribution in [0.2, 0.25) is 0 Å². The van der Waals surface area contributed by atoms with Gasteiger partial charge in [-0.15, -0.1) is 0 Å². The van der Waals surface area contributed by atoms with Gasteiger partial charge in [0.05, 0.1) is 7.11 Å². The van der Waals surface area contributed by atoms with Crippen molar-refractivity contribution < 1.29 is 9.47 Å². The molecule has 0 amide bonds. The average molecular weight is 265 g/mol. The van der Waals surface area contributed by atoms with Gasteiger partial charge in [0.2, 0.25) is 0 Å². The molecule has 3 nitrogen and oxygen atoms in total. The second kappa shape index (κ2) is 8.05. The van der Waals surface area contributed by atoms with Gasteiger partial charge in [-0.3, -0.25) is 0 Å². The van der Waals surface area contributed by atoms with Crippen molar-refractivity contribution in [2.24, 2.45) is 0 Å². The van der Waals surface area contributed by atoms with E-state index < -0.39 is 0 Å². The highest BCUT2D eigenvalue weighted by atomic mass is 16.5. The molecule has 108 valence electrons. The van der Waals surface area contributed by atoms with Crippen LogP contribution in [0, 0.1) is 6.92 Å². The van der Waals surface area contributed by atoms with Crippen LogP contribution in [-0.4, -0.2) is 25.8 Å². The molecule has 1 aromatic rings. The van der Waals surface area contributed by atoms with E-state index in [2.05, 4.69) is 26.1 Å². The molecule has 0 aliphatic rings. The van der Waals surface area contributed by atoms with Crippen LogP contribution in [0.1, 0.15) is 39.2 Å². The van der Waals surface area contributed by atoms with Gasteiger partial charge in [-0.05, 0) is 44.4 Å². The number of benzene rings is 1. The summed E-state index contributed by atoms with van der Waals surface area (Å²) in [6.07, 6.45) is 2.42. The Morgan fingerprint density at radius 3 is 2.42 bits per heavy atom. The van der Waals surface area contributed by atoms with Crippen LogP contribution in [0.4, 0.5) is 0 Å². The lowest BCUT2D eigenvalue weighted by atomic mass is 10.1. The van der Waals surface area contributed by atoms with E-state index in [0.717, 1.165) is 30.9 Å². The van der Waals surface area contributed by atoms with E-state index in [0.29, 0.717) is 6.04 Å². The summed E-state index contributed by atoms with van der Waals surface area (Å²) in [5, 5.41) is 3.52. The zero-order chi connectivity index (χ0) is 14.3. The summed E-state index contributed by atoms with van der Waals surface area (Å²) >= 11 is 0. The van der Waals surface area contributed by atoms with Crippen LogP contribution in [0.5, 0.6) is 11.5 Å². The maximum Gasteiger partial charge on any atom is 0.161 e. The number of methoxy groups -OCH3 is 1. The molecule has 0 radical (unpaired) electrons. The number of hydrogen-bond donors (Lipinski definition) is 1. The first-order chi connectivity index (χ1) is 9.10. The Morgan fingerprint density at radius 2 is 1.84 bits per heavy atom. The fourth-order valence-corrected chi connectivity index (χ4v) is 2.04. The maximum atomic E-state index is 5.94. The van der Waals surface area contributed by atoms with E-state index in [1.54, 1.807) is 7.11 Å². The third-order valence-corrected chi connectivity index (χ3v) is 3.33. The highest BCUT2D eigenvalue weighted by Crippen LogP contribution is 2.28. The molecule has 0 aromatic heterocycles. The Bertz CT molecular complexity index is 375. The molecule has 0 heterocycles. The number of ether oxygens (including phenoxy) is 2. The van der Waals surface area contributed by atoms with Crippen LogP contribution in [0.15, 0.2) is 18.2 Å². The minimum absolute atomic E-state index is 0.122. The Kier molecular flexibility index (Phi) is 6.71. The molecule has 1 N–H and O–H groups in total. The van der Waals surface area contributed by atoms with Crippen molar-refractivity contribution in [2.45, 2.75) is 52.7 Å². The van der Waals surface area contributed by atoms with Crippen molar-refractivity contribution >= 4 is 0 Å². The summed E-state index contributed by atoms with van der Waals surface area (Å²) in [6.45, 7) is 9.38. The van der Waals surface area contributed by atoms with Gasteiger partial charge in [0.15, 0.2) is 11.5 Å². The first-order valence-electron chi connectivity index (χ1n) is 7.15. The molecule has 0 saturated carbocycles. The summed E-state index contributed by atoms with van der Waals surface area (Å²) in [5.41, 5.74) is 1.17. The number of hydrogen-bond acceptors (Lipinski definition) is 3. The fraction of sp³-hybridized carbons (Fsp3) is 0.625. The molecule has 1 rings (SSSR count). The Morgan fingerprint density at radius 1 is 1.16 bits per heavy atom. The average Bonchev–Trinajstić information content (AvgIpc) is 2.42. The zero-order valence-corrected chi connectivity index (χ0v) is 12.8. The molecule has 1 atom stereocenters. The van der Waals surface area contributed by atoms with E-state index in [1.807, 2.05) is 25.1 Å². The normalized spacial score (nSPS) is 12.5. The summed E-state index contributed by atoms with van der Waals surface area (Å²) in [5.74, 6) is 1.61. The predicted molar refractivity (Wildman–Crippen MR) is 80.2 cm³/mol. The van der Waals surface area contributed by atoms with Gasteiger partial charge in [0.1, 0.15) is 6.10 Å². The van der Waals surface area contributed by atoms with Crippen molar-refractivity contribution in [3.63, 3.8) is 0 Å². The predicted octanol–water partition coefficient (Wildman–Crippen LogP) is 3.55. The number of nitrogens with one attached hydrogen (secondary N) is 1.